The lowest BCUT2D eigenvalue weighted by Gasteiger charge is -2.24. The minimum Gasteiger partial charge on any atom is -0.477 e. The zero-order chi connectivity index (χ0) is 25.5. The van der Waals surface area contributed by atoms with Gasteiger partial charge in [0.1, 0.15) is 0 Å². The summed E-state index contributed by atoms with van der Waals surface area (Å²) in [5.74, 6) is -0.492. The summed E-state index contributed by atoms with van der Waals surface area (Å²) in [5, 5.41) is 18.9. The molecule has 0 rings (SSSR count). The molecule has 0 fully saturated rings. The molecule has 8 heteroatoms. The van der Waals surface area contributed by atoms with Crippen LogP contribution in [0.25, 0.3) is 0 Å². The summed E-state index contributed by atoms with van der Waals surface area (Å²) in [6, 6.07) is 0. The Morgan fingerprint density at radius 3 is 1.91 bits per heavy atom. The third kappa shape index (κ3) is 18.1. The number of rotatable bonds is 26. The molecule has 0 aliphatic carbocycles. The standard InChI is InChI=1S/C26H51O6PS/c1-4-6-8-10-11-12-13-14-15-17-22-34-24(19-16-9-7-5-2)23(3)31-20-18-21-32-26(29,33-30)25(27)28/h23-24,29H,4-22H2,1-3H3,(H,27,28). The molecule has 3 unspecified atom stereocenters. The van der Waals surface area contributed by atoms with Crippen LogP contribution in [0.1, 0.15) is 124 Å². The van der Waals surface area contributed by atoms with Crippen LogP contribution in [0, 0.1) is 0 Å². The highest BCUT2D eigenvalue weighted by atomic mass is 32.2. The van der Waals surface area contributed by atoms with E-state index in [1.54, 1.807) is 0 Å². The molecule has 0 aromatic rings. The van der Waals surface area contributed by atoms with Gasteiger partial charge in [0, 0.05) is 11.9 Å². The lowest BCUT2D eigenvalue weighted by atomic mass is 10.1. The van der Waals surface area contributed by atoms with Crippen LogP contribution in [0.3, 0.4) is 0 Å². The molecule has 0 aliphatic heterocycles. The molecule has 0 aliphatic rings. The predicted molar refractivity (Wildman–Crippen MR) is 143 cm³/mol. The van der Waals surface area contributed by atoms with Crippen molar-refractivity contribution in [2.45, 2.75) is 140 Å². The fraction of sp³-hybridized carbons (Fsp3) is 0.962. The second kappa shape index (κ2) is 23.2. The van der Waals surface area contributed by atoms with Gasteiger partial charge in [0.15, 0.2) is 0 Å². The van der Waals surface area contributed by atoms with Crippen molar-refractivity contribution in [3.63, 3.8) is 0 Å². The SMILES string of the molecule is CCCCCCCCCCCCSC(CCCCCC)C(C)OCCCOC(O)(P=O)C(=O)O. The van der Waals surface area contributed by atoms with E-state index >= 15 is 0 Å². The number of unbranched alkanes of at least 4 members (excludes halogenated alkanes) is 12. The van der Waals surface area contributed by atoms with Crippen molar-refractivity contribution in [2.75, 3.05) is 19.0 Å². The van der Waals surface area contributed by atoms with Crippen LogP contribution in [0.5, 0.6) is 0 Å². The molecule has 0 saturated carbocycles. The highest BCUT2D eigenvalue weighted by molar-refractivity contribution is 7.99. The average molecular weight is 523 g/mol. The number of thioether (sulfide) groups is 1. The Labute approximate surface area is 214 Å². The summed E-state index contributed by atoms with van der Waals surface area (Å²) in [4.78, 5) is 10.9. The maximum absolute atomic E-state index is 10.9. The summed E-state index contributed by atoms with van der Waals surface area (Å²) < 4.78 is 21.7. The van der Waals surface area contributed by atoms with E-state index in [1.807, 2.05) is 11.8 Å². The lowest BCUT2D eigenvalue weighted by Crippen LogP contribution is -2.36. The molecule has 0 saturated heterocycles. The van der Waals surface area contributed by atoms with Gasteiger partial charge < -0.3 is 19.7 Å². The summed E-state index contributed by atoms with van der Waals surface area (Å²) in [6.45, 7) is 6.98. The van der Waals surface area contributed by atoms with Crippen molar-refractivity contribution >= 4 is 26.2 Å². The Balaban J connectivity index is 4.12. The Morgan fingerprint density at radius 1 is 0.853 bits per heavy atom. The first kappa shape index (κ1) is 33.8. The number of carboxylic acid groups (broad SMARTS) is 1. The number of ether oxygens (including phenoxy) is 2. The van der Waals surface area contributed by atoms with Gasteiger partial charge in [-0.25, -0.2) is 4.79 Å². The number of carbonyl (C=O) groups is 1. The molecule has 34 heavy (non-hydrogen) atoms. The first-order valence-corrected chi connectivity index (χ1v) is 15.4. The van der Waals surface area contributed by atoms with Crippen LogP contribution >= 0.6 is 20.2 Å². The molecule has 0 aromatic heterocycles. The van der Waals surface area contributed by atoms with Gasteiger partial charge in [-0.1, -0.05) is 97.3 Å². The summed E-state index contributed by atoms with van der Waals surface area (Å²) >= 11 is 2.02. The number of aliphatic hydroxyl groups is 1. The van der Waals surface area contributed by atoms with Crippen molar-refractivity contribution in [1.29, 1.82) is 0 Å². The van der Waals surface area contributed by atoms with Crippen LogP contribution < -0.4 is 0 Å². The summed E-state index contributed by atoms with van der Waals surface area (Å²) in [5.41, 5.74) is -2.67. The van der Waals surface area contributed by atoms with E-state index < -0.39 is 20.0 Å². The van der Waals surface area contributed by atoms with Crippen LogP contribution in [0.15, 0.2) is 0 Å². The van der Waals surface area contributed by atoms with Crippen molar-refractivity contribution < 1.29 is 29.0 Å². The largest absolute Gasteiger partial charge is 0.477 e. The second-order valence-electron chi connectivity index (χ2n) is 9.22. The number of hydrogen-bond donors (Lipinski definition) is 2. The first-order chi connectivity index (χ1) is 16.4. The zero-order valence-corrected chi connectivity index (χ0v) is 23.7. The van der Waals surface area contributed by atoms with Crippen molar-refractivity contribution in [3.05, 3.63) is 0 Å². The molecular weight excluding hydrogens is 471 g/mol. The van der Waals surface area contributed by atoms with Crippen molar-refractivity contribution in [3.8, 4) is 0 Å². The third-order valence-corrected chi connectivity index (χ3v) is 8.21. The highest BCUT2D eigenvalue weighted by Gasteiger charge is 2.38. The Kier molecular flexibility index (Phi) is 23.1. The molecule has 3 atom stereocenters. The van der Waals surface area contributed by atoms with Gasteiger partial charge in [0.2, 0.25) is 8.46 Å². The zero-order valence-electron chi connectivity index (χ0n) is 22.0. The van der Waals surface area contributed by atoms with Gasteiger partial charge in [-0.05, 0) is 31.9 Å². The molecule has 6 nitrogen and oxygen atoms in total. The molecule has 2 N–H and O–H groups in total. The fourth-order valence-corrected chi connectivity index (χ4v) is 5.41. The van der Waals surface area contributed by atoms with Crippen LogP contribution in [-0.2, 0) is 18.8 Å². The minimum absolute atomic E-state index is 0.0301. The Bertz CT molecular complexity index is 496. The van der Waals surface area contributed by atoms with Gasteiger partial charge >= 0.3 is 11.5 Å². The van der Waals surface area contributed by atoms with E-state index in [-0.39, 0.29) is 12.7 Å². The van der Waals surface area contributed by atoms with Crippen molar-refractivity contribution in [2.24, 2.45) is 0 Å². The quantitative estimate of drug-likeness (QED) is 0.0679. The number of carboxylic acids is 1. The number of aliphatic carboxylic acids is 1. The molecule has 0 radical (unpaired) electrons. The summed E-state index contributed by atoms with van der Waals surface area (Å²) in [6.07, 6.45) is 20.2. The molecule has 0 bridgehead atoms. The first-order valence-electron chi connectivity index (χ1n) is 13.6. The van der Waals surface area contributed by atoms with Gasteiger partial charge in [0.05, 0.1) is 12.7 Å². The molecular formula is C26H51O6PS. The predicted octanol–water partition coefficient (Wildman–Crippen LogP) is 7.81. The maximum Gasteiger partial charge on any atom is 0.377 e. The molecule has 0 amide bonds. The average Bonchev–Trinajstić information content (AvgIpc) is 2.83. The van der Waals surface area contributed by atoms with Gasteiger partial charge in [0.25, 0.3) is 0 Å². The lowest BCUT2D eigenvalue weighted by molar-refractivity contribution is -0.190. The third-order valence-electron chi connectivity index (χ3n) is 6.07. The Morgan fingerprint density at radius 2 is 1.38 bits per heavy atom. The minimum atomic E-state index is -2.67. The van der Waals surface area contributed by atoms with E-state index in [0.717, 1.165) is 6.42 Å². The van der Waals surface area contributed by atoms with E-state index in [1.165, 1.54) is 95.6 Å². The van der Waals surface area contributed by atoms with Gasteiger partial charge in [-0.3, -0.25) is 4.57 Å². The van der Waals surface area contributed by atoms with E-state index in [2.05, 4.69) is 20.8 Å². The van der Waals surface area contributed by atoms with Crippen molar-refractivity contribution in [1.82, 2.24) is 0 Å². The van der Waals surface area contributed by atoms with E-state index in [0.29, 0.717) is 18.3 Å². The highest BCUT2D eigenvalue weighted by Crippen LogP contribution is 2.26. The molecule has 0 spiro atoms. The van der Waals surface area contributed by atoms with Crippen LogP contribution in [0.4, 0.5) is 0 Å². The summed E-state index contributed by atoms with van der Waals surface area (Å²) in [7, 11) is -0.977. The van der Waals surface area contributed by atoms with E-state index in [9.17, 15) is 14.5 Å². The maximum atomic E-state index is 10.9. The Hall–Kier alpha value is -0.200. The smallest absolute Gasteiger partial charge is 0.377 e. The topological polar surface area (TPSA) is 93.1 Å². The molecule has 0 heterocycles. The normalized spacial score (nSPS) is 15.3. The number of hydrogen-bond acceptors (Lipinski definition) is 6. The van der Waals surface area contributed by atoms with Crippen LogP contribution in [-0.4, -0.2) is 52.0 Å². The van der Waals surface area contributed by atoms with Gasteiger partial charge in [-0.2, -0.15) is 11.8 Å². The van der Waals surface area contributed by atoms with Gasteiger partial charge in [-0.15, -0.1) is 0 Å². The van der Waals surface area contributed by atoms with Crippen LogP contribution in [0.2, 0.25) is 0 Å². The monoisotopic (exact) mass is 522 g/mol. The molecule has 0 aromatic carbocycles. The fourth-order valence-electron chi connectivity index (χ4n) is 3.83. The van der Waals surface area contributed by atoms with E-state index in [4.69, 9.17) is 14.6 Å². The second-order valence-corrected chi connectivity index (χ2v) is 11.4. The molecule has 202 valence electrons.